The zero-order chi connectivity index (χ0) is 25.1. The first kappa shape index (κ1) is 23.0. The molecule has 0 atom stereocenters. The van der Waals surface area contributed by atoms with Crippen LogP contribution in [-0.4, -0.2) is 34.1 Å². The van der Waals surface area contributed by atoms with E-state index in [2.05, 4.69) is 26.0 Å². The summed E-state index contributed by atoms with van der Waals surface area (Å²) in [5.74, 6) is 1.35. The Hall–Kier alpha value is -4.75. The fraction of sp³-hybridized carbons (Fsp3) is 0.0769. The summed E-state index contributed by atoms with van der Waals surface area (Å²) in [7, 11) is -3.43. The number of nitrogens with one attached hydrogen (secondary N) is 1. The molecular weight excluding hydrogens is 478 g/mol. The monoisotopic (exact) mass is 497 g/mol. The minimum atomic E-state index is -3.43. The Morgan fingerprint density at radius 3 is 2.50 bits per heavy atom. The molecule has 0 aliphatic rings. The Balaban J connectivity index is 1.57. The van der Waals surface area contributed by atoms with Gasteiger partial charge in [-0.25, -0.2) is 13.4 Å². The van der Waals surface area contributed by atoms with Crippen LogP contribution in [0.4, 0.5) is 0 Å². The average molecular weight is 498 g/mol. The Morgan fingerprint density at radius 2 is 1.78 bits per heavy atom. The van der Waals surface area contributed by atoms with Crippen molar-refractivity contribution in [3.05, 3.63) is 84.9 Å². The quantitative estimate of drug-likeness (QED) is 0.322. The van der Waals surface area contributed by atoms with E-state index in [1.54, 1.807) is 61.9 Å². The highest BCUT2D eigenvalue weighted by Crippen LogP contribution is 2.40. The lowest BCUT2D eigenvalue weighted by molar-refractivity contribution is 0.417. The van der Waals surface area contributed by atoms with Gasteiger partial charge in [0, 0.05) is 29.4 Å². The first-order valence-corrected chi connectivity index (χ1v) is 12.6. The van der Waals surface area contributed by atoms with Gasteiger partial charge in [0.2, 0.25) is 0 Å². The predicted octanol–water partition coefficient (Wildman–Crippen LogP) is 5.27. The van der Waals surface area contributed by atoms with Crippen molar-refractivity contribution >= 4 is 20.7 Å². The van der Waals surface area contributed by atoms with E-state index >= 15 is 0 Å². The van der Waals surface area contributed by atoms with Gasteiger partial charge >= 0.3 is 0 Å². The zero-order valence-corrected chi connectivity index (χ0v) is 19.9. The fourth-order valence-corrected chi connectivity index (χ4v) is 4.31. The lowest BCUT2D eigenvalue weighted by Crippen LogP contribution is -2.05. The van der Waals surface area contributed by atoms with Crippen molar-refractivity contribution in [2.45, 2.75) is 11.9 Å². The Bertz CT molecular complexity index is 1690. The van der Waals surface area contributed by atoms with Gasteiger partial charge in [-0.1, -0.05) is 19.1 Å². The maximum absolute atomic E-state index is 12.1. The number of ether oxygens (including phenoxy) is 2. The molecule has 0 fully saturated rings. The van der Waals surface area contributed by atoms with Crippen molar-refractivity contribution in [2.75, 3.05) is 5.75 Å². The molecule has 0 saturated carbocycles. The molecule has 0 radical (unpaired) electrons. The van der Waals surface area contributed by atoms with E-state index in [9.17, 15) is 13.7 Å². The van der Waals surface area contributed by atoms with Crippen LogP contribution < -0.4 is 9.47 Å². The highest BCUT2D eigenvalue weighted by atomic mass is 32.2. The summed E-state index contributed by atoms with van der Waals surface area (Å²) in [6.45, 7) is 1.56. The summed E-state index contributed by atoms with van der Waals surface area (Å²) >= 11 is 0. The molecule has 0 saturated heterocycles. The van der Waals surface area contributed by atoms with E-state index in [0.717, 1.165) is 16.6 Å². The number of nitriles is 1. The number of H-pyrrole nitrogens is 1. The topological polar surface area (TPSA) is 131 Å². The third-order valence-corrected chi connectivity index (χ3v) is 7.03. The summed E-state index contributed by atoms with van der Waals surface area (Å²) in [6.07, 6.45) is 6.21. The number of benzene rings is 2. The number of rotatable bonds is 7. The summed E-state index contributed by atoms with van der Waals surface area (Å²) in [6, 6.07) is 17.4. The van der Waals surface area contributed by atoms with Gasteiger partial charge in [0.15, 0.2) is 26.4 Å². The number of pyridine rings is 1. The van der Waals surface area contributed by atoms with Crippen LogP contribution in [0.15, 0.2) is 84.4 Å². The van der Waals surface area contributed by atoms with Crippen LogP contribution in [0.5, 0.6) is 23.0 Å². The minimum absolute atomic E-state index is 0.0218. The van der Waals surface area contributed by atoms with Crippen molar-refractivity contribution in [3.8, 4) is 40.5 Å². The number of aromatic nitrogens is 4. The predicted molar refractivity (Wildman–Crippen MR) is 133 cm³/mol. The number of aromatic amines is 1. The third-order valence-electron chi connectivity index (χ3n) is 5.39. The molecule has 0 aliphatic heterocycles. The second-order valence-corrected chi connectivity index (χ2v) is 9.93. The standard InChI is InChI=1S/C26H19N5O4S/c1-2-36(32,33)26-8-7-19(15-30-26)34-24-12-18-11-21(22-16-28-9-10-29-22)31-20(18)13-25(24)35-23-6-4-3-5-17(23)14-27/h3-13,15-16,31H,2H2,1H3. The average Bonchev–Trinajstić information content (AvgIpc) is 3.33. The first-order valence-electron chi connectivity index (χ1n) is 10.9. The Kier molecular flexibility index (Phi) is 6.06. The van der Waals surface area contributed by atoms with Crippen molar-refractivity contribution in [1.82, 2.24) is 19.9 Å². The van der Waals surface area contributed by atoms with Gasteiger partial charge < -0.3 is 14.5 Å². The smallest absolute Gasteiger partial charge is 0.195 e. The van der Waals surface area contributed by atoms with Crippen LogP contribution in [0, 0.1) is 11.3 Å². The highest BCUT2D eigenvalue weighted by molar-refractivity contribution is 7.91. The molecule has 9 nitrogen and oxygen atoms in total. The molecular formula is C26H19N5O4S. The van der Waals surface area contributed by atoms with Crippen LogP contribution in [0.3, 0.4) is 0 Å². The largest absolute Gasteiger partial charge is 0.452 e. The summed E-state index contributed by atoms with van der Waals surface area (Å²) < 4.78 is 36.4. The van der Waals surface area contributed by atoms with Gasteiger partial charge in [0.25, 0.3) is 0 Å². The molecule has 5 rings (SSSR count). The van der Waals surface area contributed by atoms with Crippen molar-refractivity contribution in [1.29, 1.82) is 5.26 Å². The van der Waals surface area contributed by atoms with Gasteiger partial charge in [-0.05, 0) is 36.4 Å². The van der Waals surface area contributed by atoms with Gasteiger partial charge in [-0.2, -0.15) is 5.26 Å². The number of para-hydroxylation sites is 1. The second-order valence-electron chi connectivity index (χ2n) is 7.71. The maximum atomic E-state index is 12.1. The van der Waals surface area contributed by atoms with Crippen LogP contribution in [0.1, 0.15) is 12.5 Å². The molecule has 3 aromatic heterocycles. The zero-order valence-electron chi connectivity index (χ0n) is 19.0. The lowest BCUT2D eigenvalue weighted by atomic mass is 10.2. The van der Waals surface area contributed by atoms with E-state index in [4.69, 9.17) is 9.47 Å². The molecule has 0 aliphatic carbocycles. The normalized spacial score (nSPS) is 11.2. The number of hydrogen-bond acceptors (Lipinski definition) is 8. The highest BCUT2D eigenvalue weighted by Gasteiger charge is 2.17. The lowest BCUT2D eigenvalue weighted by Gasteiger charge is -2.13. The van der Waals surface area contributed by atoms with E-state index in [-0.39, 0.29) is 10.8 Å². The van der Waals surface area contributed by atoms with Gasteiger partial charge in [0.05, 0.1) is 29.4 Å². The number of sulfone groups is 1. The van der Waals surface area contributed by atoms with Crippen LogP contribution >= 0.6 is 0 Å². The van der Waals surface area contributed by atoms with Gasteiger partial charge in [-0.15, -0.1) is 0 Å². The maximum Gasteiger partial charge on any atom is 0.195 e. The molecule has 2 aromatic carbocycles. The molecule has 0 spiro atoms. The first-order chi connectivity index (χ1) is 17.5. The van der Waals surface area contributed by atoms with E-state index in [1.165, 1.54) is 18.3 Å². The van der Waals surface area contributed by atoms with Gasteiger partial charge in [0.1, 0.15) is 23.3 Å². The molecule has 3 heterocycles. The molecule has 0 bridgehead atoms. The van der Waals surface area contributed by atoms with Crippen molar-refractivity contribution in [2.24, 2.45) is 0 Å². The molecule has 0 amide bonds. The molecule has 5 aromatic rings. The van der Waals surface area contributed by atoms with Crippen molar-refractivity contribution < 1.29 is 17.9 Å². The number of nitrogens with zero attached hydrogens (tertiary/aromatic N) is 4. The SMILES string of the molecule is CCS(=O)(=O)c1ccc(Oc2cc3cc(-c4cnccn4)[nH]c3cc2Oc2ccccc2C#N)cn1. The third kappa shape index (κ3) is 4.60. The summed E-state index contributed by atoms with van der Waals surface area (Å²) in [5.41, 5.74) is 2.56. The Labute approximate surface area is 206 Å². The minimum Gasteiger partial charge on any atom is -0.452 e. The summed E-state index contributed by atoms with van der Waals surface area (Å²) in [4.78, 5) is 15.8. The van der Waals surface area contributed by atoms with Gasteiger partial charge in [-0.3, -0.25) is 9.97 Å². The fourth-order valence-electron chi connectivity index (χ4n) is 3.53. The number of hydrogen-bond donors (Lipinski definition) is 1. The molecule has 10 heteroatoms. The van der Waals surface area contributed by atoms with E-state index in [1.807, 2.05) is 6.07 Å². The molecule has 178 valence electrons. The molecule has 36 heavy (non-hydrogen) atoms. The van der Waals surface area contributed by atoms with E-state index in [0.29, 0.717) is 34.3 Å². The second kappa shape index (κ2) is 9.48. The van der Waals surface area contributed by atoms with Crippen LogP contribution in [0.2, 0.25) is 0 Å². The molecule has 1 N–H and O–H groups in total. The van der Waals surface area contributed by atoms with Crippen molar-refractivity contribution in [3.63, 3.8) is 0 Å². The Morgan fingerprint density at radius 1 is 0.944 bits per heavy atom. The van der Waals surface area contributed by atoms with Crippen LogP contribution in [0.25, 0.3) is 22.3 Å². The van der Waals surface area contributed by atoms with Crippen LogP contribution in [-0.2, 0) is 9.84 Å². The molecule has 0 unspecified atom stereocenters. The summed E-state index contributed by atoms with van der Waals surface area (Å²) in [5, 5.41) is 10.3. The van der Waals surface area contributed by atoms with E-state index < -0.39 is 9.84 Å². The number of fused-ring (bicyclic) bond motifs is 1.